The first kappa shape index (κ1) is 17.2. The molecule has 0 aromatic heterocycles. The summed E-state index contributed by atoms with van der Waals surface area (Å²) in [5, 5.41) is 5.76. The van der Waals surface area contributed by atoms with Gasteiger partial charge >= 0.3 is 0 Å². The Morgan fingerprint density at radius 3 is 2.61 bits per heavy atom. The first-order valence-corrected chi connectivity index (χ1v) is 7.97. The Hall–Kier alpha value is -2.18. The monoisotopic (exact) mass is 390 g/mol. The van der Waals surface area contributed by atoms with Crippen LogP contribution < -0.4 is 15.4 Å². The zero-order valence-electron chi connectivity index (χ0n) is 12.4. The lowest BCUT2D eigenvalue weighted by molar-refractivity contribution is -0.115. The van der Waals surface area contributed by atoms with Crippen LogP contribution in [0.1, 0.15) is 5.56 Å². The number of thiocarbonyl (C=S) groups is 1. The van der Waals surface area contributed by atoms with Crippen molar-refractivity contribution in [3.05, 3.63) is 64.6 Å². The van der Waals surface area contributed by atoms with E-state index in [2.05, 4.69) is 26.6 Å². The maximum absolute atomic E-state index is 11.8. The van der Waals surface area contributed by atoms with Crippen LogP contribution in [0.4, 0.5) is 5.69 Å². The van der Waals surface area contributed by atoms with Gasteiger partial charge in [0.1, 0.15) is 5.75 Å². The molecule has 0 fully saturated rings. The summed E-state index contributed by atoms with van der Waals surface area (Å²) in [6, 6.07) is 15.0. The summed E-state index contributed by atoms with van der Waals surface area (Å²) in [6.07, 6.45) is 3.16. The van der Waals surface area contributed by atoms with Gasteiger partial charge in [-0.2, -0.15) is 0 Å². The molecule has 1 amide bonds. The summed E-state index contributed by atoms with van der Waals surface area (Å²) >= 11 is 8.52. The van der Waals surface area contributed by atoms with E-state index in [0.717, 1.165) is 21.5 Å². The molecular weight excluding hydrogens is 376 g/mol. The number of carbonyl (C=O) groups excluding carboxylic acids is 1. The number of ether oxygens (including phenoxy) is 1. The van der Waals surface area contributed by atoms with Gasteiger partial charge in [-0.3, -0.25) is 10.1 Å². The average molecular weight is 391 g/mol. The molecule has 0 radical (unpaired) electrons. The van der Waals surface area contributed by atoms with Gasteiger partial charge in [-0.15, -0.1) is 0 Å². The van der Waals surface area contributed by atoms with E-state index in [-0.39, 0.29) is 11.0 Å². The predicted octanol–water partition coefficient (Wildman–Crippen LogP) is 3.98. The number of carbonyl (C=O) groups is 1. The number of halogens is 1. The molecule has 2 aromatic rings. The van der Waals surface area contributed by atoms with E-state index in [1.165, 1.54) is 6.08 Å². The summed E-state index contributed by atoms with van der Waals surface area (Å²) in [7, 11) is 1.59. The van der Waals surface area contributed by atoms with Crippen molar-refractivity contribution in [3.63, 3.8) is 0 Å². The molecule has 2 aromatic carbocycles. The van der Waals surface area contributed by atoms with Gasteiger partial charge in [-0.1, -0.05) is 30.3 Å². The number of hydrogen-bond donors (Lipinski definition) is 2. The molecular formula is C17H15BrN2O2S. The Bertz CT molecular complexity index is 733. The van der Waals surface area contributed by atoms with Crippen LogP contribution in [0.15, 0.2) is 59.1 Å². The minimum Gasteiger partial charge on any atom is -0.496 e. The summed E-state index contributed by atoms with van der Waals surface area (Å²) in [5.41, 5.74) is 1.69. The standard InChI is InChI=1S/C17H15BrN2O2S/c1-22-15-9-8-13(11-14(15)18)19-17(23)20-16(21)10-7-12-5-3-2-4-6-12/h2-11H,1H3,(H2,19,20,21,23)/b10-7+. The number of anilines is 1. The topological polar surface area (TPSA) is 50.4 Å². The third-order valence-electron chi connectivity index (χ3n) is 2.87. The van der Waals surface area contributed by atoms with E-state index in [9.17, 15) is 4.79 Å². The highest BCUT2D eigenvalue weighted by Crippen LogP contribution is 2.27. The Morgan fingerprint density at radius 1 is 1.22 bits per heavy atom. The SMILES string of the molecule is COc1ccc(NC(=S)NC(=O)/C=C/c2ccccc2)cc1Br. The first-order chi connectivity index (χ1) is 11.1. The van der Waals surface area contributed by atoms with Gasteiger partial charge in [0.2, 0.25) is 5.91 Å². The highest BCUT2D eigenvalue weighted by atomic mass is 79.9. The number of benzene rings is 2. The van der Waals surface area contributed by atoms with Crippen molar-refractivity contribution in [1.82, 2.24) is 5.32 Å². The summed E-state index contributed by atoms with van der Waals surface area (Å²) in [5.74, 6) is 0.426. The summed E-state index contributed by atoms with van der Waals surface area (Å²) < 4.78 is 5.95. The molecule has 2 rings (SSSR count). The molecule has 2 N–H and O–H groups in total. The minimum absolute atomic E-state index is 0.227. The third kappa shape index (κ3) is 5.50. The van der Waals surface area contributed by atoms with E-state index in [4.69, 9.17) is 17.0 Å². The van der Waals surface area contributed by atoms with Gasteiger partial charge in [0.25, 0.3) is 0 Å². The number of rotatable bonds is 4. The summed E-state index contributed by atoms with van der Waals surface area (Å²) in [6.45, 7) is 0. The van der Waals surface area contributed by atoms with Crippen molar-refractivity contribution in [2.45, 2.75) is 0 Å². The van der Waals surface area contributed by atoms with Crippen molar-refractivity contribution in [2.75, 3.05) is 12.4 Å². The molecule has 118 valence electrons. The van der Waals surface area contributed by atoms with Crippen LogP contribution in [0.5, 0.6) is 5.75 Å². The molecule has 0 atom stereocenters. The molecule has 0 bridgehead atoms. The quantitative estimate of drug-likeness (QED) is 0.612. The van der Waals surface area contributed by atoms with Crippen molar-refractivity contribution in [3.8, 4) is 5.75 Å². The molecule has 23 heavy (non-hydrogen) atoms. The molecule has 0 heterocycles. The van der Waals surface area contributed by atoms with Gasteiger partial charge in [-0.25, -0.2) is 0 Å². The van der Waals surface area contributed by atoms with E-state index in [1.807, 2.05) is 42.5 Å². The number of amides is 1. The molecule has 0 spiro atoms. The molecule has 0 aliphatic carbocycles. The largest absolute Gasteiger partial charge is 0.496 e. The maximum atomic E-state index is 11.8. The average Bonchev–Trinajstić information content (AvgIpc) is 2.54. The van der Waals surface area contributed by atoms with Gasteiger partial charge in [0, 0.05) is 11.8 Å². The Morgan fingerprint density at radius 2 is 1.96 bits per heavy atom. The molecule has 4 nitrogen and oxygen atoms in total. The molecule has 0 saturated carbocycles. The van der Waals surface area contributed by atoms with E-state index in [0.29, 0.717) is 0 Å². The predicted molar refractivity (Wildman–Crippen MR) is 101 cm³/mol. The van der Waals surface area contributed by atoms with Crippen molar-refractivity contribution >= 4 is 50.9 Å². The van der Waals surface area contributed by atoms with E-state index in [1.54, 1.807) is 19.3 Å². The number of hydrogen-bond acceptors (Lipinski definition) is 3. The lowest BCUT2D eigenvalue weighted by Crippen LogP contribution is -2.32. The molecule has 0 saturated heterocycles. The second-order valence-corrected chi connectivity index (χ2v) is 5.80. The van der Waals surface area contributed by atoms with Gasteiger partial charge in [-0.05, 0) is 58.0 Å². The fourth-order valence-electron chi connectivity index (χ4n) is 1.80. The second kappa shape index (κ2) is 8.45. The zero-order chi connectivity index (χ0) is 16.7. The van der Waals surface area contributed by atoms with Crippen LogP contribution in [0.3, 0.4) is 0 Å². The van der Waals surface area contributed by atoms with Crippen LogP contribution in [0.2, 0.25) is 0 Å². The van der Waals surface area contributed by atoms with E-state index < -0.39 is 0 Å². The van der Waals surface area contributed by atoms with Crippen molar-refractivity contribution < 1.29 is 9.53 Å². The van der Waals surface area contributed by atoms with Crippen LogP contribution >= 0.6 is 28.1 Å². The highest BCUT2D eigenvalue weighted by Gasteiger charge is 2.04. The molecule has 0 aliphatic rings. The first-order valence-electron chi connectivity index (χ1n) is 6.77. The third-order valence-corrected chi connectivity index (χ3v) is 3.70. The van der Waals surface area contributed by atoms with Gasteiger partial charge in [0.05, 0.1) is 11.6 Å². The van der Waals surface area contributed by atoms with Gasteiger partial charge < -0.3 is 10.1 Å². The fraction of sp³-hybridized carbons (Fsp3) is 0.0588. The minimum atomic E-state index is -0.293. The van der Waals surface area contributed by atoms with Crippen molar-refractivity contribution in [2.24, 2.45) is 0 Å². The fourth-order valence-corrected chi connectivity index (χ4v) is 2.56. The Balaban J connectivity index is 1.90. The normalized spacial score (nSPS) is 10.3. The van der Waals surface area contributed by atoms with E-state index >= 15 is 0 Å². The van der Waals surface area contributed by atoms with Crippen molar-refractivity contribution in [1.29, 1.82) is 0 Å². The molecule has 6 heteroatoms. The lowest BCUT2D eigenvalue weighted by Gasteiger charge is -2.10. The summed E-state index contributed by atoms with van der Waals surface area (Å²) in [4.78, 5) is 11.8. The lowest BCUT2D eigenvalue weighted by atomic mass is 10.2. The maximum Gasteiger partial charge on any atom is 0.250 e. The number of methoxy groups -OCH3 is 1. The van der Waals surface area contributed by atoms with Crippen LogP contribution in [0.25, 0.3) is 6.08 Å². The van der Waals surface area contributed by atoms with Crippen LogP contribution in [0, 0.1) is 0 Å². The zero-order valence-corrected chi connectivity index (χ0v) is 14.8. The van der Waals surface area contributed by atoms with Crippen LogP contribution in [-0.2, 0) is 4.79 Å². The van der Waals surface area contributed by atoms with Gasteiger partial charge in [0.15, 0.2) is 5.11 Å². The second-order valence-electron chi connectivity index (χ2n) is 4.54. The smallest absolute Gasteiger partial charge is 0.250 e. The Labute approximate surface area is 148 Å². The molecule has 0 unspecified atom stereocenters. The Kier molecular flexibility index (Phi) is 6.31. The number of nitrogens with one attached hydrogen (secondary N) is 2. The van der Waals surface area contributed by atoms with Crippen LogP contribution in [-0.4, -0.2) is 18.1 Å². The molecule has 0 aliphatic heterocycles. The highest BCUT2D eigenvalue weighted by molar-refractivity contribution is 9.10.